The van der Waals surface area contributed by atoms with Crippen molar-refractivity contribution in [2.24, 2.45) is 4.99 Å². The second-order valence-corrected chi connectivity index (χ2v) is 11.0. The van der Waals surface area contributed by atoms with Crippen molar-refractivity contribution in [3.05, 3.63) is 59.9 Å². The molecule has 0 N–H and O–H groups in total. The van der Waals surface area contributed by atoms with Crippen LogP contribution < -0.4 is 0 Å². The fourth-order valence-corrected chi connectivity index (χ4v) is 4.67. The Bertz CT molecular complexity index is 714. The number of hydrogen-bond acceptors (Lipinski definition) is 4. The number of benzene rings is 1. The Labute approximate surface area is 167 Å². The highest BCUT2D eigenvalue weighted by molar-refractivity contribution is 8.39. The van der Waals surface area contributed by atoms with Crippen molar-refractivity contribution in [2.75, 3.05) is 0 Å². The molecule has 4 heteroatoms. The predicted molar refractivity (Wildman–Crippen MR) is 120 cm³/mol. The normalized spacial score (nSPS) is 13.1. The summed E-state index contributed by atoms with van der Waals surface area (Å²) in [6.07, 6.45) is 4.70. The van der Waals surface area contributed by atoms with E-state index in [1.165, 1.54) is 11.1 Å². The van der Waals surface area contributed by atoms with E-state index in [4.69, 9.17) is 4.99 Å². The lowest BCUT2D eigenvalue weighted by Gasteiger charge is -2.22. The van der Waals surface area contributed by atoms with Gasteiger partial charge in [-0.2, -0.15) is 0 Å². The van der Waals surface area contributed by atoms with E-state index in [0.717, 1.165) is 22.2 Å². The summed E-state index contributed by atoms with van der Waals surface area (Å²) in [4.78, 5) is 9.02. The van der Waals surface area contributed by atoms with E-state index < -0.39 is 0 Å². The molecule has 2 rings (SSSR count). The van der Waals surface area contributed by atoms with Gasteiger partial charge in [-0.25, -0.2) is 4.99 Å². The van der Waals surface area contributed by atoms with Crippen LogP contribution >= 0.6 is 23.5 Å². The molecule has 0 atom stereocenters. The highest BCUT2D eigenvalue weighted by Gasteiger charge is 2.20. The predicted octanol–water partition coefficient (Wildman–Crippen LogP) is 7.22. The van der Waals surface area contributed by atoms with Crippen LogP contribution in [0.4, 0.5) is 5.69 Å². The molecule has 0 aliphatic rings. The molecule has 0 saturated heterocycles. The van der Waals surface area contributed by atoms with Crippen molar-refractivity contribution in [1.29, 1.82) is 0 Å². The van der Waals surface area contributed by atoms with Gasteiger partial charge in [0.15, 0.2) is 0 Å². The van der Waals surface area contributed by atoms with E-state index in [1.54, 1.807) is 6.20 Å². The third-order valence-corrected chi connectivity index (χ3v) is 6.79. The minimum atomic E-state index is 0.171. The summed E-state index contributed by atoms with van der Waals surface area (Å²) in [5.74, 6) is 0.927. The van der Waals surface area contributed by atoms with Gasteiger partial charge >= 0.3 is 0 Å². The molecule has 0 aliphatic heterocycles. The molecule has 0 unspecified atom stereocenters. The largest absolute Gasteiger partial charge is 0.262 e. The molecule has 0 spiro atoms. The van der Waals surface area contributed by atoms with Crippen LogP contribution in [0.5, 0.6) is 0 Å². The monoisotopic (exact) mass is 386 g/mol. The Morgan fingerprint density at radius 3 is 2.27 bits per heavy atom. The fourth-order valence-electron chi connectivity index (χ4n) is 2.16. The Balaban J connectivity index is 2.13. The summed E-state index contributed by atoms with van der Waals surface area (Å²) in [5, 5.41) is 0. The van der Waals surface area contributed by atoms with Crippen LogP contribution in [-0.4, -0.2) is 14.1 Å². The third kappa shape index (κ3) is 6.81. The summed E-state index contributed by atoms with van der Waals surface area (Å²) in [6.45, 7) is 13.5. The van der Waals surface area contributed by atoms with Gasteiger partial charge in [-0.1, -0.05) is 89.3 Å². The first-order chi connectivity index (χ1) is 12.2. The molecule has 1 heterocycles. The van der Waals surface area contributed by atoms with Gasteiger partial charge in [-0.15, -0.1) is 0 Å². The standard InChI is InChI=1S/C22H30N2S2/c1-7-22(5,6)26-20(24-19-9-8-14-23-15-19)25-16-17-10-12-18(13-11-17)21(2,3)4/h8-15H,7,16H2,1-6H3. The molecular formula is C22H30N2S2. The van der Waals surface area contributed by atoms with E-state index in [-0.39, 0.29) is 10.2 Å². The Morgan fingerprint density at radius 2 is 1.73 bits per heavy atom. The molecule has 0 saturated carbocycles. The smallest absolute Gasteiger partial charge is 0.131 e. The van der Waals surface area contributed by atoms with Crippen molar-refractivity contribution < 1.29 is 0 Å². The summed E-state index contributed by atoms with van der Waals surface area (Å²) < 4.78 is 1.27. The zero-order valence-corrected chi connectivity index (χ0v) is 18.4. The third-order valence-electron chi connectivity index (χ3n) is 4.26. The molecule has 2 aromatic rings. The molecule has 0 bridgehead atoms. The van der Waals surface area contributed by atoms with Crippen LogP contribution in [-0.2, 0) is 11.2 Å². The molecule has 0 radical (unpaired) electrons. The van der Waals surface area contributed by atoms with E-state index in [0.29, 0.717) is 0 Å². The first-order valence-electron chi connectivity index (χ1n) is 9.09. The number of thioether (sulfide) groups is 2. The van der Waals surface area contributed by atoms with Crippen molar-refractivity contribution in [3.63, 3.8) is 0 Å². The average Bonchev–Trinajstić information content (AvgIpc) is 2.60. The van der Waals surface area contributed by atoms with Crippen molar-refractivity contribution in [3.8, 4) is 0 Å². The van der Waals surface area contributed by atoms with Crippen LogP contribution in [0, 0.1) is 0 Å². The number of aliphatic imine (C=N–C) groups is 1. The minimum absolute atomic E-state index is 0.171. The molecule has 0 amide bonds. The Morgan fingerprint density at radius 1 is 1.04 bits per heavy atom. The summed E-state index contributed by atoms with van der Waals surface area (Å²) in [5.41, 5.74) is 3.81. The minimum Gasteiger partial charge on any atom is -0.262 e. The molecule has 2 nitrogen and oxygen atoms in total. The highest BCUT2D eigenvalue weighted by atomic mass is 32.2. The molecule has 26 heavy (non-hydrogen) atoms. The van der Waals surface area contributed by atoms with Crippen molar-refractivity contribution in [1.82, 2.24) is 4.98 Å². The first-order valence-corrected chi connectivity index (χ1v) is 10.9. The quantitative estimate of drug-likeness (QED) is 0.400. The number of pyridine rings is 1. The Kier molecular flexibility index (Phi) is 7.36. The van der Waals surface area contributed by atoms with Crippen molar-refractivity contribution in [2.45, 2.75) is 63.9 Å². The lowest BCUT2D eigenvalue weighted by molar-refractivity contribution is 0.590. The maximum Gasteiger partial charge on any atom is 0.131 e. The molecule has 1 aromatic carbocycles. The molecule has 1 aromatic heterocycles. The number of hydrogen-bond donors (Lipinski definition) is 0. The van der Waals surface area contributed by atoms with Crippen LogP contribution in [0.25, 0.3) is 0 Å². The lowest BCUT2D eigenvalue weighted by Crippen LogP contribution is -2.15. The summed E-state index contributed by atoms with van der Waals surface area (Å²) in [7, 11) is 0. The van der Waals surface area contributed by atoms with Gasteiger partial charge in [0.25, 0.3) is 0 Å². The van der Waals surface area contributed by atoms with Gasteiger partial charge < -0.3 is 0 Å². The summed E-state index contributed by atoms with van der Waals surface area (Å²) in [6, 6.07) is 12.9. The van der Waals surface area contributed by atoms with E-state index in [9.17, 15) is 0 Å². The number of rotatable bonds is 5. The van der Waals surface area contributed by atoms with Gasteiger partial charge in [0, 0.05) is 16.7 Å². The molecule has 0 fully saturated rings. The average molecular weight is 387 g/mol. The highest BCUT2D eigenvalue weighted by Crippen LogP contribution is 2.36. The van der Waals surface area contributed by atoms with Gasteiger partial charge in [0.2, 0.25) is 0 Å². The lowest BCUT2D eigenvalue weighted by atomic mass is 9.87. The fraction of sp³-hybridized carbons (Fsp3) is 0.455. The van der Waals surface area contributed by atoms with E-state index in [2.05, 4.69) is 70.8 Å². The van der Waals surface area contributed by atoms with Crippen LogP contribution in [0.1, 0.15) is 59.1 Å². The van der Waals surface area contributed by atoms with Crippen LogP contribution in [0.15, 0.2) is 53.8 Å². The molecular weight excluding hydrogens is 356 g/mol. The first kappa shape index (κ1) is 21.0. The van der Waals surface area contributed by atoms with Gasteiger partial charge in [-0.3, -0.25) is 4.98 Å². The summed E-state index contributed by atoms with van der Waals surface area (Å²) >= 11 is 3.66. The SMILES string of the molecule is CCC(C)(C)SC(=Nc1cccnc1)SCc1ccc(C(C)(C)C)cc1. The van der Waals surface area contributed by atoms with E-state index in [1.807, 2.05) is 41.9 Å². The van der Waals surface area contributed by atoms with E-state index >= 15 is 0 Å². The van der Waals surface area contributed by atoms with Gasteiger partial charge in [0.1, 0.15) is 4.38 Å². The van der Waals surface area contributed by atoms with Crippen LogP contribution in [0.2, 0.25) is 0 Å². The zero-order valence-electron chi connectivity index (χ0n) is 16.7. The molecule has 0 aliphatic carbocycles. The van der Waals surface area contributed by atoms with Gasteiger partial charge in [0.05, 0.1) is 11.9 Å². The molecule has 140 valence electrons. The van der Waals surface area contributed by atoms with Crippen molar-refractivity contribution >= 4 is 33.6 Å². The number of nitrogens with zero attached hydrogens (tertiary/aromatic N) is 2. The topological polar surface area (TPSA) is 25.2 Å². The maximum absolute atomic E-state index is 4.84. The Hall–Kier alpha value is -1.26. The van der Waals surface area contributed by atoms with Gasteiger partial charge in [-0.05, 0) is 35.1 Å². The second kappa shape index (κ2) is 9.09. The maximum atomic E-state index is 4.84. The second-order valence-electron chi connectivity index (χ2n) is 8.04. The number of aromatic nitrogens is 1. The zero-order chi connectivity index (χ0) is 19.2. The van der Waals surface area contributed by atoms with Crippen LogP contribution in [0.3, 0.4) is 0 Å².